The van der Waals surface area contributed by atoms with Crippen LogP contribution in [-0.2, 0) is 4.74 Å². The van der Waals surface area contributed by atoms with Gasteiger partial charge in [0.1, 0.15) is 11.0 Å². The maximum atomic E-state index is 6.21. The Morgan fingerprint density at radius 2 is 2.00 bits per heavy atom. The molecule has 1 aromatic heterocycles. The van der Waals surface area contributed by atoms with E-state index in [-0.39, 0.29) is 5.92 Å². The van der Waals surface area contributed by atoms with Gasteiger partial charge in [0.15, 0.2) is 0 Å². The van der Waals surface area contributed by atoms with Gasteiger partial charge in [-0.15, -0.1) is 0 Å². The fourth-order valence-corrected chi connectivity index (χ4v) is 2.73. The highest BCUT2D eigenvalue weighted by atomic mass is 79.9. The van der Waals surface area contributed by atoms with Crippen molar-refractivity contribution in [2.45, 2.75) is 12.3 Å². The van der Waals surface area contributed by atoms with Gasteiger partial charge in [-0.05, 0) is 22.4 Å². The van der Waals surface area contributed by atoms with Gasteiger partial charge >= 0.3 is 0 Å². The van der Waals surface area contributed by atoms with Gasteiger partial charge in [-0.3, -0.25) is 0 Å². The van der Waals surface area contributed by atoms with Crippen molar-refractivity contribution in [1.29, 1.82) is 0 Å². The Bertz CT molecular complexity index is 585. The van der Waals surface area contributed by atoms with Crippen molar-refractivity contribution < 1.29 is 4.74 Å². The second-order valence-electron chi connectivity index (χ2n) is 4.46. The molecule has 5 heteroatoms. The van der Waals surface area contributed by atoms with E-state index in [9.17, 15) is 0 Å². The molecule has 0 saturated carbocycles. The van der Waals surface area contributed by atoms with Crippen LogP contribution in [-0.4, -0.2) is 23.2 Å². The van der Waals surface area contributed by atoms with E-state index < -0.39 is 0 Å². The lowest BCUT2D eigenvalue weighted by Crippen LogP contribution is -2.06. The first-order valence-electron chi connectivity index (χ1n) is 6.12. The molecule has 1 unspecified atom stereocenters. The van der Waals surface area contributed by atoms with Crippen LogP contribution in [0.15, 0.2) is 34.8 Å². The first-order chi connectivity index (χ1) is 9.25. The van der Waals surface area contributed by atoms with Crippen molar-refractivity contribution in [3.05, 3.63) is 45.8 Å². The van der Waals surface area contributed by atoms with Crippen LogP contribution in [0.4, 0.5) is 0 Å². The van der Waals surface area contributed by atoms with Gasteiger partial charge in [-0.2, -0.15) is 0 Å². The molecule has 2 aromatic rings. The molecule has 0 spiro atoms. The SMILES string of the molecule is Clc1nc(C2CCOC2)nc(-c2ccccc2)c1Br. The first-order valence-corrected chi connectivity index (χ1v) is 7.29. The molecule has 0 amide bonds. The van der Waals surface area contributed by atoms with Gasteiger partial charge in [0.25, 0.3) is 0 Å². The molecule has 1 saturated heterocycles. The summed E-state index contributed by atoms with van der Waals surface area (Å²) in [6.07, 6.45) is 0.951. The number of aromatic nitrogens is 2. The average molecular weight is 340 g/mol. The van der Waals surface area contributed by atoms with Crippen LogP contribution in [0.2, 0.25) is 5.15 Å². The molecule has 0 aliphatic carbocycles. The lowest BCUT2D eigenvalue weighted by atomic mass is 10.1. The van der Waals surface area contributed by atoms with Crippen molar-refractivity contribution in [1.82, 2.24) is 9.97 Å². The highest BCUT2D eigenvalue weighted by Gasteiger charge is 2.23. The lowest BCUT2D eigenvalue weighted by molar-refractivity contribution is 0.193. The van der Waals surface area contributed by atoms with Gasteiger partial charge in [0.05, 0.1) is 16.8 Å². The third-order valence-corrected chi connectivity index (χ3v) is 4.42. The molecule has 3 rings (SSSR count). The Balaban J connectivity index is 2.08. The third kappa shape index (κ3) is 2.66. The molecule has 0 bridgehead atoms. The normalized spacial score (nSPS) is 18.7. The van der Waals surface area contributed by atoms with E-state index in [1.165, 1.54) is 0 Å². The van der Waals surface area contributed by atoms with Crippen LogP contribution >= 0.6 is 27.5 Å². The second-order valence-corrected chi connectivity index (χ2v) is 5.61. The maximum absolute atomic E-state index is 6.21. The predicted molar refractivity (Wildman–Crippen MR) is 78.4 cm³/mol. The minimum atomic E-state index is 0.244. The van der Waals surface area contributed by atoms with Crippen LogP contribution in [0.25, 0.3) is 11.3 Å². The Labute approximate surface area is 125 Å². The Morgan fingerprint density at radius 1 is 1.21 bits per heavy atom. The Morgan fingerprint density at radius 3 is 2.68 bits per heavy atom. The minimum Gasteiger partial charge on any atom is -0.381 e. The summed E-state index contributed by atoms with van der Waals surface area (Å²) >= 11 is 9.68. The van der Waals surface area contributed by atoms with E-state index in [1.54, 1.807) is 0 Å². The fourth-order valence-electron chi connectivity index (χ4n) is 2.14. The van der Waals surface area contributed by atoms with Crippen LogP contribution in [0.5, 0.6) is 0 Å². The van der Waals surface area contributed by atoms with Crippen LogP contribution in [0, 0.1) is 0 Å². The van der Waals surface area contributed by atoms with Crippen molar-refractivity contribution in [3.63, 3.8) is 0 Å². The van der Waals surface area contributed by atoms with Gasteiger partial charge in [-0.25, -0.2) is 9.97 Å². The molecular formula is C14H12BrClN2O. The monoisotopic (exact) mass is 338 g/mol. The third-order valence-electron chi connectivity index (χ3n) is 3.17. The summed E-state index contributed by atoms with van der Waals surface area (Å²) in [7, 11) is 0. The molecule has 1 atom stereocenters. The van der Waals surface area contributed by atoms with E-state index >= 15 is 0 Å². The summed E-state index contributed by atoms with van der Waals surface area (Å²) in [6, 6.07) is 9.97. The summed E-state index contributed by atoms with van der Waals surface area (Å²) in [6.45, 7) is 1.44. The fraction of sp³-hybridized carbons (Fsp3) is 0.286. The number of benzene rings is 1. The van der Waals surface area contributed by atoms with E-state index in [0.717, 1.165) is 34.6 Å². The molecule has 2 heterocycles. The maximum Gasteiger partial charge on any atom is 0.147 e. The summed E-state index contributed by atoms with van der Waals surface area (Å²) in [4.78, 5) is 9.03. The highest BCUT2D eigenvalue weighted by Crippen LogP contribution is 2.33. The van der Waals surface area contributed by atoms with Crippen molar-refractivity contribution in [2.24, 2.45) is 0 Å². The van der Waals surface area contributed by atoms with Crippen molar-refractivity contribution in [2.75, 3.05) is 13.2 Å². The molecule has 19 heavy (non-hydrogen) atoms. The van der Waals surface area contributed by atoms with Crippen LogP contribution < -0.4 is 0 Å². The predicted octanol–water partition coefficient (Wildman–Crippen LogP) is 4.06. The van der Waals surface area contributed by atoms with Crippen LogP contribution in [0.3, 0.4) is 0 Å². The topological polar surface area (TPSA) is 35.0 Å². The van der Waals surface area contributed by atoms with Crippen molar-refractivity contribution >= 4 is 27.5 Å². The number of hydrogen-bond acceptors (Lipinski definition) is 3. The number of ether oxygens (including phenoxy) is 1. The summed E-state index contributed by atoms with van der Waals surface area (Å²) < 4.78 is 6.13. The minimum absolute atomic E-state index is 0.244. The van der Waals surface area contributed by atoms with E-state index in [1.807, 2.05) is 30.3 Å². The number of nitrogens with zero attached hydrogens (tertiary/aromatic N) is 2. The molecule has 0 radical (unpaired) electrons. The number of rotatable bonds is 2. The quantitative estimate of drug-likeness (QED) is 0.774. The van der Waals surface area contributed by atoms with Crippen molar-refractivity contribution in [3.8, 4) is 11.3 Å². The lowest BCUT2D eigenvalue weighted by Gasteiger charge is -2.11. The molecule has 1 aliphatic rings. The summed E-state index contributed by atoms with van der Waals surface area (Å²) in [5, 5.41) is 0.454. The van der Waals surface area contributed by atoms with E-state index in [2.05, 4.69) is 25.9 Å². The van der Waals surface area contributed by atoms with Gasteiger partial charge in [0, 0.05) is 18.1 Å². The molecule has 0 N–H and O–H groups in total. The Hall–Kier alpha value is -0.970. The zero-order valence-corrected chi connectivity index (χ0v) is 12.5. The molecule has 98 valence electrons. The molecule has 1 aromatic carbocycles. The van der Waals surface area contributed by atoms with Gasteiger partial charge < -0.3 is 4.74 Å². The number of hydrogen-bond donors (Lipinski definition) is 0. The first kappa shape index (κ1) is 13.0. The standard InChI is InChI=1S/C14H12BrClN2O/c15-11-12(9-4-2-1-3-5-9)17-14(18-13(11)16)10-6-7-19-8-10/h1-5,10H,6-8H2. The van der Waals surface area contributed by atoms with Gasteiger partial charge in [0.2, 0.25) is 0 Å². The van der Waals surface area contributed by atoms with Crippen LogP contribution in [0.1, 0.15) is 18.2 Å². The van der Waals surface area contributed by atoms with E-state index in [0.29, 0.717) is 11.8 Å². The van der Waals surface area contributed by atoms with E-state index in [4.69, 9.17) is 16.3 Å². The molecule has 1 aliphatic heterocycles. The number of halogens is 2. The molecule has 1 fully saturated rings. The summed E-state index contributed by atoms with van der Waals surface area (Å²) in [5.74, 6) is 1.01. The largest absolute Gasteiger partial charge is 0.381 e. The average Bonchev–Trinajstić information content (AvgIpc) is 2.97. The Kier molecular flexibility index (Phi) is 3.82. The van der Waals surface area contributed by atoms with Gasteiger partial charge in [-0.1, -0.05) is 41.9 Å². The molecule has 3 nitrogen and oxygen atoms in total. The molecular weight excluding hydrogens is 328 g/mol. The highest BCUT2D eigenvalue weighted by molar-refractivity contribution is 9.10. The second kappa shape index (κ2) is 5.57. The zero-order chi connectivity index (χ0) is 13.2. The zero-order valence-electron chi connectivity index (χ0n) is 10.1. The summed E-state index contributed by atoms with van der Waals surface area (Å²) in [5.41, 5.74) is 1.86. The smallest absolute Gasteiger partial charge is 0.147 e.